The Morgan fingerprint density at radius 2 is 1.87 bits per heavy atom. The highest BCUT2D eigenvalue weighted by Gasteiger charge is 2.11. The summed E-state index contributed by atoms with van der Waals surface area (Å²) in [4.78, 5) is 11.8. The number of hydrogen-bond acceptors (Lipinski definition) is 4. The van der Waals surface area contributed by atoms with E-state index >= 15 is 0 Å². The van der Waals surface area contributed by atoms with Crippen molar-refractivity contribution in [3.05, 3.63) is 69.3 Å². The molecule has 0 amide bonds. The Hall–Kier alpha value is -2.54. The molecule has 0 spiro atoms. The molecule has 122 valence electrons. The molecule has 0 atom stereocenters. The summed E-state index contributed by atoms with van der Waals surface area (Å²) in [6.45, 7) is 0.751. The van der Waals surface area contributed by atoms with Gasteiger partial charge in [0.2, 0.25) is 0 Å². The van der Waals surface area contributed by atoms with Gasteiger partial charge in [0.15, 0.2) is 5.82 Å². The number of rotatable bonds is 6. The van der Waals surface area contributed by atoms with Crippen molar-refractivity contribution < 1.29 is 13.7 Å². The Bertz CT molecular complexity index is 720. The fourth-order valence-corrected chi connectivity index (χ4v) is 2.16. The van der Waals surface area contributed by atoms with Crippen LogP contribution in [0.4, 0.5) is 20.2 Å². The monoisotopic (exact) mass is 321 g/mol. The summed E-state index contributed by atoms with van der Waals surface area (Å²) in [7, 11) is 3.69. The first-order chi connectivity index (χ1) is 10.9. The third kappa shape index (κ3) is 4.46. The average Bonchev–Trinajstić information content (AvgIpc) is 2.48. The van der Waals surface area contributed by atoms with Crippen LogP contribution in [0.1, 0.15) is 11.1 Å². The maximum absolute atomic E-state index is 13.8. The van der Waals surface area contributed by atoms with Crippen LogP contribution in [0.3, 0.4) is 0 Å². The van der Waals surface area contributed by atoms with Crippen LogP contribution in [0, 0.1) is 21.7 Å². The molecule has 2 rings (SSSR count). The molecule has 0 bridgehead atoms. The predicted octanol–water partition coefficient (Wildman–Crippen LogP) is 3.55. The van der Waals surface area contributed by atoms with Crippen molar-refractivity contribution in [3.8, 4) is 0 Å². The molecule has 0 aliphatic carbocycles. The molecule has 0 fully saturated rings. The zero-order valence-electron chi connectivity index (χ0n) is 12.8. The minimum absolute atomic E-state index is 0.161. The van der Waals surface area contributed by atoms with E-state index in [1.807, 2.05) is 19.0 Å². The molecule has 23 heavy (non-hydrogen) atoms. The van der Waals surface area contributed by atoms with E-state index in [9.17, 15) is 18.9 Å². The lowest BCUT2D eigenvalue weighted by molar-refractivity contribution is -0.385. The Labute approximate surface area is 132 Å². The van der Waals surface area contributed by atoms with Crippen LogP contribution in [0.2, 0.25) is 0 Å². The minimum atomic E-state index is -0.699. The zero-order chi connectivity index (χ0) is 17.0. The highest BCUT2D eigenvalue weighted by atomic mass is 19.1. The Morgan fingerprint density at radius 3 is 2.48 bits per heavy atom. The van der Waals surface area contributed by atoms with Crippen molar-refractivity contribution in [3.63, 3.8) is 0 Å². The first-order valence-corrected chi connectivity index (χ1v) is 6.96. The summed E-state index contributed by atoms with van der Waals surface area (Å²) in [6, 6.07) is 8.12. The van der Waals surface area contributed by atoms with E-state index in [-0.39, 0.29) is 23.7 Å². The van der Waals surface area contributed by atoms with Gasteiger partial charge in [-0.2, -0.15) is 0 Å². The number of halogens is 2. The van der Waals surface area contributed by atoms with E-state index in [0.717, 1.165) is 11.6 Å². The smallest absolute Gasteiger partial charge is 0.272 e. The van der Waals surface area contributed by atoms with Crippen LogP contribution in [0.15, 0.2) is 36.4 Å². The average molecular weight is 321 g/mol. The molecule has 7 heteroatoms. The normalized spacial score (nSPS) is 10.8. The van der Waals surface area contributed by atoms with E-state index in [1.165, 1.54) is 18.2 Å². The number of hydrogen-bond donors (Lipinski definition) is 1. The topological polar surface area (TPSA) is 58.4 Å². The van der Waals surface area contributed by atoms with E-state index in [4.69, 9.17) is 0 Å². The van der Waals surface area contributed by atoms with Gasteiger partial charge >= 0.3 is 0 Å². The van der Waals surface area contributed by atoms with Crippen molar-refractivity contribution >= 4 is 11.4 Å². The number of anilines is 1. The van der Waals surface area contributed by atoms with E-state index in [2.05, 4.69) is 5.32 Å². The predicted molar refractivity (Wildman–Crippen MR) is 84.2 cm³/mol. The van der Waals surface area contributed by atoms with Gasteiger partial charge in [0.1, 0.15) is 5.82 Å². The van der Waals surface area contributed by atoms with Gasteiger partial charge in [-0.3, -0.25) is 10.1 Å². The molecule has 0 aromatic heterocycles. The number of non-ortho nitro benzene ring substituents is 1. The molecule has 0 saturated heterocycles. The quantitative estimate of drug-likeness (QED) is 0.653. The number of benzene rings is 2. The summed E-state index contributed by atoms with van der Waals surface area (Å²) in [5.41, 5.74) is 1.21. The molecular formula is C16H17F2N3O2. The summed E-state index contributed by atoms with van der Waals surface area (Å²) < 4.78 is 27.5. The van der Waals surface area contributed by atoms with Crippen molar-refractivity contribution in [1.82, 2.24) is 4.90 Å². The summed E-state index contributed by atoms with van der Waals surface area (Å²) in [6.07, 6.45) is 0. The van der Waals surface area contributed by atoms with Crippen molar-refractivity contribution in [2.75, 3.05) is 19.4 Å². The Balaban J connectivity index is 2.10. The molecule has 0 aliphatic heterocycles. The second kappa shape index (κ2) is 7.15. The Morgan fingerprint density at radius 1 is 1.13 bits per heavy atom. The largest absolute Gasteiger partial charge is 0.379 e. The molecular weight excluding hydrogens is 304 g/mol. The molecule has 0 heterocycles. The van der Waals surface area contributed by atoms with Gasteiger partial charge in [0.25, 0.3) is 5.69 Å². The van der Waals surface area contributed by atoms with Gasteiger partial charge < -0.3 is 10.2 Å². The fraction of sp³-hybridized carbons (Fsp3) is 0.250. The number of nitrogens with one attached hydrogen (secondary N) is 1. The lowest BCUT2D eigenvalue weighted by Gasteiger charge is -2.13. The molecule has 2 aromatic rings. The molecule has 0 radical (unpaired) electrons. The summed E-state index contributed by atoms with van der Waals surface area (Å²) in [5.74, 6) is -0.987. The van der Waals surface area contributed by atoms with Crippen LogP contribution in [0.25, 0.3) is 0 Å². The van der Waals surface area contributed by atoms with Crippen molar-refractivity contribution in [2.45, 2.75) is 13.1 Å². The molecule has 5 nitrogen and oxygen atoms in total. The van der Waals surface area contributed by atoms with E-state index in [0.29, 0.717) is 12.1 Å². The highest BCUT2D eigenvalue weighted by Crippen LogP contribution is 2.21. The number of nitrogens with zero attached hydrogens (tertiary/aromatic N) is 2. The Kier molecular flexibility index (Phi) is 5.23. The SMILES string of the molecule is CN(C)Cc1cc(CNc2ccc([N+](=O)[O-])cc2F)ccc1F. The molecule has 1 N–H and O–H groups in total. The third-order valence-electron chi connectivity index (χ3n) is 3.24. The van der Waals surface area contributed by atoms with Crippen molar-refractivity contribution in [2.24, 2.45) is 0 Å². The van der Waals surface area contributed by atoms with Crippen LogP contribution in [0.5, 0.6) is 0 Å². The molecule has 0 unspecified atom stereocenters. The van der Waals surface area contributed by atoms with Crippen LogP contribution < -0.4 is 5.32 Å². The zero-order valence-corrected chi connectivity index (χ0v) is 12.8. The maximum atomic E-state index is 13.8. The maximum Gasteiger partial charge on any atom is 0.272 e. The van der Waals surface area contributed by atoms with Gasteiger partial charge in [-0.15, -0.1) is 0 Å². The third-order valence-corrected chi connectivity index (χ3v) is 3.24. The van der Waals surface area contributed by atoms with Gasteiger partial charge in [-0.1, -0.05) is 6.07 Å². The summed E-state index contributed by atoms with van der Waals surface area (Å²) in [5, 5.41) is 13.4. The second-order valence-corrected chi connectivity index (χ2v) is 5.44. The standard InChI is InChI=1S/C16H17F2N3O2/c1-20(2)10-12-7-11(3-5-14(12)17)9-19-16-6-4-13(21(22)23)8-15(16)18/h3-8,19H,9-10H2,1-2H3. The number of nitro benzene ring substituents is 1. The van der Waals surface area contributed by atoms with Crippen LogP contribution >= 0.6 is 0 Å². The molecule has 0 saturated carbocycles. The van der Waals surface area contributed by atoms with Gasteiger partial charge in [-0.05, 0) is 37.9 Å². The minimum Gasteiger partial charge on any atom is -0.379 e. The second-order valence-electron chi connectivity index (χ2n) is 5.44. The highest BCUT2D eigenvalue weighted by molar-refractivity contribution is 5.50. The van der Waals surface area contributed by atoms with E-state index in [1.54, 1.807) is 12.1 Å². The lowest BCUT2D eigenvalue weighted by Crippen LogP contribution is -2.12. The molecule has 0 aliphatic rings. The first kappa shape index (κ1) is 16.8. The van der Waals surface area contributed by atoms with Gasteiger partial charge in [0.05, 0.1) is 16.7 Å². The van der Waals surface area contributed by atoms with Gasteiger partial charge in [0, 0.05) is 24.7 Å². The summed E-state index contributed by atoms with van der Waals surface area (Å²) >= 11 is 0. The van der Waals surface area contributed by atoms with E-state index < -0.39 is 10.7 Å². The first-order valence-electron chi connectivity index (χ1n) is 6.96. The lowest BCUT2D eigenvalue weighted by atomic mass is 10.1. The van der Waals surface area contributed by atoms with Gasteiger partial charge in [-0.25, -0.2) is 8.78 Å². The van der Waals surface area contributed by atoms with Crippen LogP contribution in [-0.2, 0) is 13.1 Å². The fourth-order valence-electron chi connectivity index (χ4n) is 2.16. The molecule has 2 aromatic carbocycles. The van der Waals surface area contributed by atoms with Crippen LogP contribution in [-0.4, -0.2) is 23.9 Å². The van der Waals surface area contributed by atoms with Crippen molar-refractivity contribution in [1.29, 1.82) is 0 Å². The number of nitro groups is 1.